The highest BCUT2D eigenvalue weighted by atomic mass is 16.6. The van der Waals surface area contributed by atoms with Crippen molar-refractivity contribution in [3.63, 3.8) is 0 Å². The normalized spacial score (nSPS) is 16.2. The van der Waals surface area contributed by atoms with Crippen LogP contribution in [0.2, 0.25) is 0 Å². The third kappa shape index (κ3) is 2.39. The van der Waals surface area contributed by atoms with Crippen LogP contribution in [0.4, 0.5) is 17.1 Å². The number of ketones is 1. The third-order valence-corrected chi connectivity index (χ3v) is 3.35. The lowest BCUT2D eigenvalue weighted by molar-refractivity contribution is -0.384. The van der Waals surface area contributed by atoms with Crippen molar-refractivity contribution in [2.75, 3.05) is 10.6 Å². The molecule has 1 unspecified atom stereocenters. The van der Waals surface area contributed by atoms with Gasteiger partial charge in [0.2, 0.25) is 0 Å². The smallest absolute Gasteiger partial charge is 0.271 e. The standard InChI is InChI=1S/C15H11N3O4/c19-14(9-4-2-1-3-5-9)13-15(20)17-12-8-10(18(21)22)6-7-11(12)16-13/h1-8,13,16H,(H,17,20). The zero-order chi connectivity index (χ0) is 15.7. The Kier molecular flexibility index (Phi) is 3.30. The number of hydrogen-bond donors (Lipinski definition) is 2. The third-order valence-electron chi connectivity index (χ3n) is 3.35. The zero-order valence-electron chi connectivity index (χ0n) is 11.3. The highest BCUT2D eigenvalue weighted by Gasteiger charge is 2.32. The number of anilines is 2. The number of nitro groups is 1. The molecule has 0 spiro atoms. The van der Waals surface area contributed by atoms with Crippen molar-refractivity contribution in [3.8, 4) is 0 Å². The quantitative estimate of drug-likeness (QED) is 0.391. The Bertz CT molecular complexity index is 774. The minimum Gasteiger partial charge on any atom is -0.366 e. The van der Waals surface area contributed by atoms with E-state index in [0.717, 1.165) is 0 Å². The van der Waals surface area contributed by atoms with Crippen molar-refractivity contribution < 1.29 is 14.5 Å². The summed E-state index contributed by atoms with van der Waals surface area (Å²) in [6, 6.07) is 11.4. The van der Waals surface area contributed by atoms with E-state index in [9.17, 15) is 19.7 Å². The van der Waals surface area contributed by atoms with Crippen LogP contribution in [-0.2, 0) is 4.79 Å². The topological polar surface area (TPSA) is 101 Å². The molecule has 0 fully saturated rings. The van der Waals surface area contributed by atoms with E-state index in [4.69, 9.17) is 0 Å². The molecule has 7 heteroatoms. The van der Waals surface area contributed by atoms with Crippen molar-refractivity contribution in [1.29, 1.82) is 0 Å². The second-order valence-electron chi connectivity index (χ2n) is 4.78. The molecule has 3 rings (SSSR count). The first kappa shape index (κ1) is 13.7. The van der Waals surface area contributed by atoms with Crippen LogP contribution < -0.4 is 10.6 Å². The number of nitro benzene ring substituents is 1. The van der Waals surface area contributed by atoms with E-state index in [1.807, 2.05) is 0 Å². The van der Waals surface area contributed by atoms with Gasteiger partial charge in [0, 0.05) is 17.7 Å². The van der Waals surface area contributed by atoms with Gasteiger partial charge in [0.25, 0.3) is 11.6 Å². The van der Waals surface area contributed by atoms with Crippen molar-refractivity contribution >= 4 is 28.8 Å². The molecule has 1 aliphatic heterocycles. The highest BCUT2D eigenvalue weighted by molar-refractivity contribution is 6.21. The van der Waals surface area contributed by atoms with E-state index in [2.05, 4.69) is 10.6 Å². The van der Waals surface area contributed by atoms with Gasteiger partial charge in [0.15, 0.2) is 11.8 Å². The van der Waals surface area contributed by atoms with E-state index in [-0.39, 0.29) is 17.2 Å². The molecule has 1 amide bonds. The van der Waals surface area contributed by atoms with Gasteiger partial charge in [0.1, 0.15) is 0 Å². The molecule has 1 atom stereocenters. The summed E-state index contributed by atoms with van der Waals surface area (Å²) in [5, 5.41) is 16.1. The largest absolute Gasteiger partial charge is 0.366 e. The molecule has 0 bridgehead atoms. The van der Waals surface area contributed by atoms with Crippen LogP contribution >= 0.6 is 0 Å². The van der Waals surface area contributed by atoms with Gasteiger partial charge in [-0.05, 0) is 6.07 Å². The van der Waals surface area contributed by atoms with E-state index >= 15 is 0 Å². The van der Waals surface area contributed by atoms with Gasteiger partial charge in [-0.1, -0.05) is 30.3 Å². The van der Waals surface area contributed by atoms with Crippen LogP contribution in [0.3, 0.4) is 0 Å². The minimum absolute atomic E-state index is 0.131. The van der Waals surface area contributed by atoms with Gasteiger partial charge >= 0.3 is 0 Å². The molecule has 0 saturated heterocycles. The number of nitrogens with zero attached hydrogens (tertiary/aromatic N) is 1. The number of benzene rings is 2. The van der Waals surface area contributed by atoms with Crippen molar-refractivity contribution in [1.82, 2.24) is 0 Å². The number of fused-ring (bicyclic) bond motifs is 1. The van der Waals surface area contributed by atoms with Gasteiger partial charge in [-0.25, -0.2) is 0 Å². The minimum atomic E-state index is -1.06. The number of hydrogen-bond acceptors (Lipinski definition) is 5. The Morgan fingerprint density at radius 1 is 1.09 bits per heavy atom. The number of amides is 1. The molecule has 7 nitrogen and oxygen atoms in total. The van der Waals surface area contributed by atoms with Crippen LogP contribution in [0.25, 0.3) is 0 Å². The molecular weight excluding hydrogens is 286 g/mol. The van der Waals surface area contributed by atoms with Gasteiger partial charge in [-0.3, -0.25) is 19.7 Å². The number of carbonyl (C=O) groups excluding carboxylic acids is 2. The van der Waals surface area contributed by atoms with Crippen LogP contribution in [0, 0.1) is 10.1 Å². The van der Waals surface area contributed by atoms with Crippen LogP contribution in [0.1, 0.15) is 10.4 Å². The SMILES string of the molecule is O=C1Nc2cc([N+](=O)[O-])ccc2NC1C(=O)c1ccccc1. The summed E-state index contributed by atoms with van der Waals surface area (Å²) in [7, 11) is 0. The second-order valence-corrected chi connectivity index (χ2v) is 4.78. The first-order chi connectivity index (χ1) is 10.6. The van der Waals surface area contributed by atoms with Crippen molar-refractivity contribution in [2.45, 2.75) is 6.04 Å². The molecule has 1 heterocycles. The van der Waals surface area contributed by atoms with E-state index in [0.29, 0.717) is 11.3 Å². The summed E-state index contributed by atoms with van der Waals surface area (Å²) < 4.78 is 0. The first-order valence-corrected chi connectivity index (χ1v) is 6.51. The molecule has 2 aromatic rings. The predicted octanol–water partition coefficient (Wildman–Crippen LogP) is 2.21. The fourth-order valence-corrected chi connectivity index (χ4v) is 2.25. The molecule has 1 aliphatic rings. The van der Waals surface area contributed by atoms with Crippen LogP contribution in [0.15, 0.2) is 48.5 Å². The Balaban J connectivity index is 1.90. The number of Topliss-reactive ketones (excluding diaryl/α,β-unsaturated/α-hetero) is 1. The molecule has 0 saturated carbocycles. The predicted molar refractivity (Wildman–Crippen MR) is 79.9 cm³/mol. The van der Waals surface area contributed by atoms with Gasteiger partial charge in [-0.2, -0.15) is 0 Å². The first-order valence-electron chi connectivity index (χ1n) is 6.51. The summed E-state index contributed by atoms with van der Waals surface area (Å²) in [5.41, 5.74) is 1.05. The van der Waals surface area contributed by atoms with Crippen LogP contribution in [0.5, 0.6) is 0 Å². The summed E-state index contributed by atoms with van der Waals surface area (Å²) >= 11 is 0. The highest BCUT2D eigenvalue weighted by Crippen LogP contribution is 2.31. The summed E-state index contributed by atoms with van der Waals surface area (Å²) in [4.78, 5) is 34.6. The molecular formula is C15H11N3O4. The van der Waals surface area contributed by atoms with Gasteiger partial charge in [-0.15, -0.1) is 0 Å². The number of carbonyl (C=O) groups is 2. The Morgan fingerprint density at radius 2 is 1.82 bits per heavy atom. The molecule has 110 valence electrons. The monoisotopic (exact) mass is 297 g/mol. The fourth-order valence-electron chi connectivity index (χ4n) is 2.25. The van der Waals surface area contributed by atoms with E-state index in [1.54, 1.807) is 30.3 Å². The lowest BCUT2D eigenvalue weighted by Crippen LogP contribution is -2.44. The Labute approximate surface area is 125 Å². The Hall–Kier alpha value is -3.22. The maximum absolute atomic E-state index is 12.4. The number of rotatable bonds is 3. The average molecular weight is 297 g/mol. The second kappa shape index (κ2) is 5.28. The molecule has 0 aromatic heterocycles. The van der Waals surface area contributed by atoms with E-state index in [1.165, 1.54) is 18.2 Å². The zero-order valence-corrected chi connectivity index (χ0v) is 11.3. The van der Waals surface area contributed by atoms with E-state index < -0.39 is 16.9 Å². The maximum atomic E-state index is 12.4. The summed E-state index contributed by atoms with van der Waals surface area (Å²) in [6.07, 6.45) is 0. The van der Waals surface area contributed by atoms with Crippen molar-refractivity contribution in [3.05, 3.63) is 64.2 Å². The Morgan fingerprint density at radius 3 is 2.50 bits per heavy atom. The lowest BCUT2D eigenvalue weighted by Gasteiger charge is -2.25. The number of nitrogens with one attached hydrogen (secondary N) is 2. The fraction of sp³-hybridized carbons (Fsp3) is 0.0667. The van der Waals surface area contributed by atoms with Gasteiger partial charge < -0.3 is 10.6 Å². The molecule has 2 N–H and O–H groups in total. The number of non-ortho nitro benzene ring substituents is 1. The van der Waals surface area contributed by atoms with Crippen LogP contribution in [-0.4, -0.2) is 22.7 Å². The summed E-state index contributed by atoms with van der Waals surface area (Å²) in [6.45, 7) is 0. The molecule has 0 radical (unpaired) electrons. The average Bonchev–Trinajstić information content (AvgIpc) is 2.53. The molecule has 22 heavy (non-hydrogen) atoms. The maximum Gasteiger partial charge on any atom is 0.271 e. The van der Waals surface area contributed by atoms with Crippen molar-refractivity contribution in [2.24, 2.45) is 0 Å². The van der Waals surface area contributed by atoms with Gasteiger partial charge in [0.05, 0.1) is 16.3 Å². The molecule has 0 aliphatic carbocycles. The molecule has 2 aromatic carbocycles. The lowest BCUT2D eigenvalue weighted by atomic mass is 10.0. The summed E-state index contributed by atoms with van der Waals surface area (Å²) in [5.74, 6) is -0.899.